The van der Waals surface area contributed by atoms with Crippen LogP contribution < -0.4 is 37.7 Å². The van der Waals surface area contributed by atoms with Gasteiger partial charge in [-0.15, -0.1) is 24.2 Å². The van der Waals surface area contributed by atoms with E-state index >= 15 is 0 Å². The predicted molar refractivity (Wildman–Crippen MR) is 68.7 cm³/mol. The van der Waals surface area contributed by atoms with Crippen LogP contribution >= 0.6 is 0 Å². The van der Waals surface area contributed by atoms with Crippen molar-refractivity contribution in [3.63, 3.8) is 0 Å². The molecule has 0 aliphatic carbocycles. The second kappa shape index (κ2) is 8.97. The molecule has 0 fully saturated rings. The van der Waals surface area contributed by atoms with E-state index < -0.39 is 0 Å². The molecule has 0 heterocycles. The monoisotopic (exact) mass is 237 g/mol. The number of benzene rings is 2. The van der Waals surface area contributed by atoms with Crippen molar-refractivity contribution < 1.29 is 42.5 Å². The molecule has 0 aliphatic heterocycles. The summed E-state index contributed by atoms with van der Waals surface area (Å²) < 4.78 is 0. The fourth-order valence-electron chi connectivity index (χ4n) is 1.56. The number of amides is 1. The summed E-state index contributed by atoms with van der Waals surface area (Å²) in [4.78, 5) is 11.8. The van der Waals surface area contributed by atoms with Crippen LogP contribution in [0.5, 0.6) is 0 Å². The Morgan fingerprint density at radius 2 is 1.53 bits per heavy atom. The number of hydrogen-bond acceptors (Lipinski definition) is 1. The molecule has 0 aliphatic rings. The van der Waals surface area contributed by atoms with Crippen molar-refractivity contribution in [3.8, 4) is 0 Å². The van der Waals surface area contributed by atoms with Gasteiger partial charge in [0.25, 0.3) is 0 Å². The third-order valence-corrected chi connectivity index (χ3v) is 2.50. The van der Waals surface area contributed by atoms with E-state index in [2.05, 4.69) is 12.2 Å². The van der Waals surface area contributed by atoms with Gasteiger partial charge in [-0.3, -0.25) is 0 Å². The Labute approximate surface area is 138 Å². The normalized spacial score (nSPS) is 8.84. The third-order valence-electron chi connectivity index (χ3n) is 2.50. The molecule has 4 heteroatoms. The summed E-state index contributed by atoms with van der Waals surface area (Å²) in [6, 6.07) is 17.0. The number of carbonyl (C=O) groups is 1. The zero-order valence-corrected chi connectivity index (χ0v) is 11.5. The molecule has 2 rings (SSSR count). The van der Waals surface area contributed by atoms with Crippen molar-refractivity contribution in [2.24, 2.45) is 0 Å². The van der Waals surface area contributed by atoms with E-state index in [0.717, 1.165) is 5.56 Å². The molecule has 2 aromatic rings. The van der Waals surface area contributed by atoms with Gasteiger partial charge < -0.3 is 10.1 Å². The predicted octanol–water partition coefficient (Wildman–Crippen LogP) is -2.41. The Morgan fingerprint density at radius 1 is 0.947 bits per heavy atom. The summed E-state index contributed by atoms with van der Waals surface area (Å²) in [5.74, 6) is -0.209. The van der Waals surface area contributed by atoms with E-state index in [0.29, 0.717) is 17.7 Å². The molecular weight excluding hydrogens is 224 g/mol. The van der Waals surface area contributed by atoms with Gasteiger partial charge in [0.05, 0.1) is 0 Å². The van der Waals surface area contributed by atoms with Crippen LogP contribution in [0, 0.1) is 6.92 Å². The molecule has 1 amide bonds. The summed E-state index contributed by atoms with van der Waals surface area (Å²) in [5.41, 5.74) is 2.32. The van der Waals surface area contributed by atoms with E-state index in [-0.39, 0.29) is 43.6 Å². The molecule has 0 unspecified atom stereocenters. The van der Waals surface area contributed by atoms with Gasteiger partial charge in [-0.05, 0) is 0 Å². The minimum Gasteiger partial charge on any atom is -0.657 e. The van der Waals surface area contributed by atoms with Crippen LogP contribution in [0.4, 0.5) is 0 Å². The smallest absolute Gasteiger partial charge is 0.657 e. The van der Waals surface area contributed by atoms with Crippen LogP contribution in [0.2, 0.25) is 0 Å². The molecule has 86 valence electrons. The Bertz CT molecular complexity index is 515. The van der Waals surface area contributed by atoms with Gasteiger partial charge in [-0.1, -0.05) is 42.0 Å². The molecule has 0 bridgehead atoms. The van der Waals surface area contributed by atoms with Crippen LogP contribution in [0.3, 0.4) is 0 Å². The van der Waals surface area contributed by atoms with Crippen LogP contribution in [0.1, 0.15) is 21.5 Å². The van der Waals surface area contributed by atoms with Crippen molar-refractivity contribution in [1.82, 2.24) is 0 Å². The fourth-order valence-corrected chi connectivity index (χ4v) is 1.56. The Morgan fingerprint density at radius 3 is 2.16 bits per heavy atom. The molecule has 0 saturated heterocycles. The first-order chi connectivity index (χ1) is 8.27. The molecule has 0 spiro atoms. The van der Waals surface area contributed by atoms with Gasteiger partial charge in [0.2, 0.25) is 0 Å². The molecule has 0 aromatic heterocycles. The standard InChI is InChI=1S/C15H14NO.2Li/c1-12-7-5-6-10-14(12)15(17)16-11-13-8-3-2-4-9-13;;/h2-10H,1,11H2,(H,16,17);;/q-1;2*+1/p-1. The molecule has 2 nitrogen and oxygen atoms in total. The van der Waals surface area contributed by atoms with Crippen molar-refractivity contribution in [2.45, 2.75) is 6.54 Å². The maximum Gasteiger partial charge on any atom is 1.00 e. The summed E-state index contributed by atoms with van der Waals surface area (Å²) in [6.07, 6.45) is 0. The van der Waals surface area contributed by atoms with Gasteiger partial charge in [0.15, 0.2) is 0 Å². The summed E-state index contributed by atoms with van der Waals surface area (Å²) >= 11 is 0. The Hall–Kier alpha value is -1.03. The molecule has 0 atom stereocenters. The van der Waals surface area contributed by atoms with E-state index in [4.69, 9.17) is 0 Å². The molecule has 2 aromatic carbocycles. The van der Waals surface area contributed by atoms with Crippen molar-refractivity contribution in [3.05, 3.63) is 83.5 Å². The number of hydrogen-bond donors (Lipinski definition) is 0. The number of carbonyl (C=O) groups excluding carboxylic acids is 1. The molecule has 0 saturated carbocycles. The average molecular weight is 237 g/mol. The zero-order chi connectivity index (χ0) is 12.1. The fraction of sp³-hybridized carbons (Fsp3) is 0.0667. The first kappa shape index (κ1) is 18.0. The average Bonchev–Trinajstić information content (AvgIpc) is 2.38. The van der Waals surface area contributed by atoms with E-state index in [1.807, 2.05) is 48.5 Å². The van der Waals surface area contributed by atoms with Gasteiger partial charge in [-0.2, -0.15) is 18.6 Å². The van der Waals surface area contributed by atoms with E-state index in [9.17, 15) is 4.79 Å². The largest absolute Gasteiger partial charge is 1.00 e. The molecule has 19 heavy (non-hydrogen) atoms. The number of rotatable bonds is 3. The van der Waals surface area contributed by atoms with Crippen LogP contribution in [-0.2, 0) is 6.54 Å². The SMILES string of the molecule is [CH2-]c1ccccc1C(=O)[N-]Cc1ccccc1.[Li+].[Li+]. The second-order valence-corrected chi connectivity index (χ2v) is 3.76. The van der Waals surface area contributed by atoms with Crippen LogP contribution in [0.15, 0.2) is 54.6 Å². The zero-order valence-electron chi connectivity index (χ0n) is 11.5. The summed E-state index contributed by atoms with van der Waals surface area (Å²) in [5, 5.41) is 4.05. The second-order valence-electron chi connectivity index (χ2n) is 3.76. The number of nitrogens with zero attached hydrogens (tertiary/aromatic N) is 1. The van der Waals surface area contributed by atoms with Crippen LogP contribution in [0.25, 0.3) is 5.32 Å². The van der Waals surface area contributed by atoms with Gasteiger partial charge in [-0.25, -0.2) is 0 Å². The summed E-state index contributed by atoms with van der Waals surface area (Å²) in [6.45, 7) is 4.23. The quantitative estimate of drug-likeness (QED) is 0.432. The maximum absolute atomic E-state index is 11.8. The van der Waals surface area contributed by atoms with Gasteiger partial charge in [0.1, 0.15) is 0 Å². The van der Waals surface area contributed by atoms with Crippen LogP contribution in [-0.4, -0.2) is 5.91 Å². The van der Waals surface area contributed by atoms with Gasteiger partial charge in [0, 0.05) is 5.91 Å². The Balaban J connectivity index is 0.00000162. The third kappa shape index (κ3) is 5.23. The summed E-state index contributed by atoms with van der Waals surface area (Å²) in [7, 11) is 0. The molecule has 0 radical (unpaired) electrons. The van der Waals surface area contributed by atoms with E-state index in [1.165, 1.54) is 0 Å². The van der Waals surface area contributed by atoms with Crippen molar-refractivity contribution in [2.75, 3.05) is 0 Å². The first-order valence-corrected chi connectivity index (χ1v) is 5.44. The topological polar surface area (TPSA) is 31.2 Å². The Kier molecular flexibility index (Phi) is 8.49. The van der Waals surface area contributed by atoms with E-state index in [1.54, 1.807) is 6.07 Å². The maximum atomic E-state index is 11.8. The minimum absolute atomic E-state index is 0. The minimum atomic E-state index is -0.209. The first-order valence-electron chi connectivity index (χ1n) is 5.44. The molecular formula is C15H13Li2NO. The van der Waals surface area contributed by atoms with Crippen molar-refractivity contribution >= 4 is 5.91 Å². The molecule has 0 N–H and O–H groups in total. The van der Waals surface area contributed by atoms with Crippen molar-refractivity contribution in [1.29, 1.82) is 0 Å². The van der Waals surface area contributed by atoms with Gasteiger partial charge >= 0.3 is 37.7 Å².